The van der Waals surface area contributed by atoms with Crippen molar-refractivity contribution in [1.82, 2.24) is 0 Å². The minimum absolute atomic E-state index is 0.000365. The minimum atomic E-state index is -0.0484. The fourth-order valence-electron chi connectivity index (χ4n) is 3.44. The molecule has 2 nitrogen and oxygen atoms in total. The van der Waals surface area contributed by atoms with Crippen LogP contribution in [0.1, 0.15) is 48.0 Å². The van der Waals surface area contributed by atoms with Gasteiger partial charge in [0, 0.05) is 23.8 Å². The molecule has 0 aromatic heterocycles. The molecule has 1 fully saturated rings. The molecule has 0 aliphatic heterocycles. The first kappa shape index (κ1) is 11.6. The van der Waals surface area contributed by atoms with Crippen LogP contribution in [0.4, 0.5) is 0 Å². The largest absolute Gasteiger partial charge is 0.299 e. The van der Waals surface area contributed by atoms with E-state index in [1.165, 1.54) is 0 Å². The Morgan fingerprint density at radius 2 is 1.72 bits per heavy atom. The fraction of sp³-hybridized carbons (Fsp3) is 0.500. The van der Waals surface area contributed by atoms with E-state index in [1.54, 1.807) is 0 Å². The van der Waals surface area contributed by atoms with Crippen molar-refractivity contribution in [3.8, 4) is 0 Å². The molecule has 94 valence electrons. The molecule has 0 saturated heterocycles. The highest BCUT2D eigenvalue weighted by Gasteiger charge is 2.37. The molecule has 18 heavy (non-hydrogen) atoms. The van der Waals surface area contributed by atoms with Crippen LogP contribution in [0.15, 0.2) is 24.3 Å². The van der Waals surface area contributed by atoms with Crippen LogP contribution in [0, 0.1) is 11.8 Å². The van der Waals surface area contributed by atoms with Gasteiger partial charge in [-0.1, -0.05) is 30.7 Å². The zero-order chi connectivity index (χ0) is 12.5. The number of ketones is 2. The van der Waals surface area contributed by atoms with Crippen LogP contribution < -0.4 is 0 Å². The third kappa shape index (κ3) is 1.90. The van der Waals surface area contributed by atoms with Gasteiger partial charge in [0.05, 0.1) is 0 Å². The number of aryl methyl sites for hydroxylation is 1. The molecular weight excluding hydrogens is 224 g/mol. The molecular formula is C16H18O2. The van der Waals surface area contributed by atoms with E-state index in [9.17, 15) is 9.59 Å². The highest BCUT2D eigenvalue weighted by Crippen LogP contribution is 2.36. The first-order valence-corrected chi connectivity index (χ1v) is 6.92. The van der Waals surface area contributed by atoms with Crippen molar-refractivity contribution in [3.05, 3.63) is 35.4 Å². The summed E-state index contributed by atoms with van der Waals surface area (Å²) in [7, 11) is 0. The summed E-state index contributed by atoms with van der Waals surface area (Å²) >= 11 is 0. The van der Waals surface area contributed by atoms with E-state index in [1.807, 2.05) is 24.3 Å². The Morgan fingerprint density at radius 1 is 0.889 bits per heavy atom. The molecule has 0 spiro atoms. The number of fused-ring (bicyclic) bond motifs is 1. The first-order chi connectivity index (χ1) is 8.77. The second kappa shape index (κ2) is 4.68. The number of carbonyl (C=O) groups is 2. The van der Waals surface area contributed by atoms with Gasteiger partial charge >= 0.3 is 0 Å². The van der Waals surface area contributed by atoms with Gasteiger partial charge in [-0.3, -0.25) is 9.59 Å². The van der Waals surface area contributed by atoms with Gasteiger partial charge in [0.15, 0.2) is 5.78 Å². The minimum Gasteiger partial charge on any atom is -0.299 e. The van der Waals surface area contributed by atoms with Gasteiger partial charge in [-0.05, 0) is 31.2 Å². The molecule has 1 saturated carbocycles. The zero-order valence-electron chi connectivity index (χ0n) is 10.5. The Labute approximate surface area is 107 Å². The normalized spacial score (nSPS) is 28.0. The lowest BCUT2D eigenvalue weighted by Gasteiger charge is -2.31. The number of benzene rings is 1. The van der Waals surface area contributed by atoms with Crippen molar-refractivity contribution in [2.24, 2.45) is 11.8 Å². The van der Waals surface area contributed by atoms with Gasteiger partial charge in [0.1, 0.15) is 5.78 Å². The molecule has 0 unspecified atom stereocenters. The Kier molecular flexibility index (Phi) is 3.02. The first-order valence-electron chi connectivity index (χ1n) is 6.92. The van der Waals surface area contributed by atoms with Crippen LogP contribution in [0.25, 0.3) is 0 Å². The molecule has 0 amide bonds. The number of hydrogen-bond donors (Lipinski definition) is 0. The van der Waals surface area contributed by atoms with E-state index in [-0.39, 0.29) is 17.6 Å². The second-order valence-electron chi connectivity index (χ2n) is 5.49. The third-order valence-corrected chi connectivity index (χ3v) is 4.43. The summed E-state index contributed by atoms with van der Waals surface area (Å²) in [4.78, 5) is 24.5. The van der Waals surface area contributed by atoms with Crippen LogP contribution in [0.5, 0.6) is 0 Å². The molecule has 0 heterocycles. The lowest BCUT2D eigenvalue weighted by Crippen LogP contribution is -2.35. The van der Waals surface area contributed by atoms with Crippen molar-refractivity contribution in [3.63, 3.8) is 0 Å². The van der Waals surface area contributed by atoms with Gasteiger partial charge in [-0.2, -0.15) is 0 Å². The Bertz CT molecular complexity index is 490. The standard InChI is InChI=1S/C16H18O2/c17-15-8-4-3-7-13(15)14-10-9-11-5-1-2-6-12(11)16(14)18/h1-2,5-6,13-14H,3-4,7-10H2/t13-,14-/m0/s1. The van der Waals surface area contributed by atoms with Gasteiger partial charge < -0.3 is 0 Å². The summed E-state index contributed by atoms with van der Waals surface area (Å²) in [5, 5.41) is 0. The van der Waals surface area contributed by atoms with E-state index >= 15 is 0 Å². The van der Waals surface area contributed by atoms with Gasteiger partial charge in [0.25, 0.3) is 0 Å². The highest BCUT2D eigenvalue weighted by molar-refractivity contribution is 6.02. The second-order valence-corrected chi connectivity index (χ2v) is 5.49. The van der Waals surface area contributed by atoms with Crippen LogP contribution >= 0.6 is 0 Å². The van der Waals surface area contributed by atoms with Gasteiger partial charge in [-0.15, -0.1) is 0 Å². The maximum absolute atomic E-state index is 12.5. The molecule has 2 atom stereocenters. The summed E-state index contributed by atoms with van der Waals surface area (Å²) in [6.07, 6.45) is 5.49. The lowest BCUT2D eigenvalue weighted by atomic mass is 9.70. The van der Waals surface area contributed by atoms with E-state index in [2.05, 4.69) is 0 Å². The molecule has 1 aromatic rings. The number of rotatable bonds is 1. The molecule has 0 N–H and O–H groups in total. The van der Waals surface area contributed by atoms with E-state index in [0.29, 0.717) is 12.2 Å². The fourth-order valence-corrected chi connectivity index (χ4v) is 3.44. The van der Waals surface area contributed by atoms with Crippen molar-refractivity contribution in [2.45, 2.75) is 38.5 Å². The summed E-state index contributed by atoms with van der Waals surface area (Å²) in [5.41, 5.74) is 2.01. The predicted molar refractivity (Wildman–Crippen MR) is 69.5 cm³/mol. The van der Waals surface area contributed by atoms with Crippen molar-refractivity contribution in [2.75, 3.05) is 0 Å². The smallest absolute Gasteiger partial charge is 0.166 e. The molecule has 2 heteroatoms. The molecule has 0 bridgehead atoms. The summed E-state index contributed by atoms with van der Waals surface area (Å²) in [5.74, 6) is 0.475. The maximum Gasteiger partial charge on any atom is 0.166 e. The lowest BCUT2D eigenvalue weighted by molar-refractivity contribution is -0.126. The van der Waals surface area contributed by atoms with Crippen LogP contribution in [0.3, 0.4) is 0 Å². The van der Waals surface area contributed by atoms with E-state index in [4.69, 9.17) is 0 Å². The number of hydrogen-bond acceptors (Lipinski definition) is 2. The Balaban J connectivity index is 1.88. The quantitative estimate of drug-likeness (QED) is 0.758. The molecule has 3 rings (SSSR count). The maximum atomic E-state index is 12.5. The average Bonchev–Trinajstić information content (AvgIpc) is 2.41. The Hall–Kier alpha value is -1.44. The van der Waals surface area contributed by atoms with Crippen LogP contribution in [-0.4, -0.2) is 11.6 Å². The zero-order valence-corrected chi connectivity index (χ0v) is 10.5. The monoisotopic (exact) mass is 242 g/mol. The highest BCUT2D eigenvalue weighted by atomic mass is 16.1. The summed E-state index contributed by atoms with van der Waals surface area (Å²) < 4.78 is 0. The van der Waals surface area contributed by atoms with Crippen LogP contribution in [-0.2, 0) is 11.2 Å². The van der Waals surface area contributed by atoms with Crippen molar-refractivity contribution >= 4 is 11.6 Å². The van der Waals surface area contributed by atoms with Crippen molar-refractivity contribution in [1.29, 1.82) is 0 Å². The molecule has 1 aromatic carbocycles. The van der Waals surface area contributed by atoms with Crippen LogP contribution in [0.2, 0.25) is 0 Å². The molecule has 2 aliphatic carbocycles. The summed E-state index contributed by atoms with van der Waals surface area (Å²) in [6, 6.07) is 7.85. The summed E-state index contributed by atoms with van der Waals surface area (Å²) in [6.45, 7) is 0. The average molecular weight is 242 g/mol. The van der Waals surface area contributed by atoms with Gasteiger partial charge in [-0.25, -0.2) is 0 Å². The predicted octanol–water partition coefficient (Wildman–Crippen LogP) is 3.19. The molecule has 0 radical (unpaired) electrons. The van der Waals surface area contributed by atoms with E-state index in [0.717, 1.165) is 43.2 Å². The van der Waals surface area contributed by atoms with Gasteiger partial charge in [0.2, 0.25) is 0 Å². The SMILES string of the molecule is O=C1CCCC[C@H]1[C@@H]1CCc2ccccc2C1=O. The third-order valence-electron chi connectivity index (χ3n) is 4.43. The van der Waals surface area contributed by atoms with E-state index < -0.39 is 0 Å². The number of carbonyl (C=O) groups excluding carboxylic acids is 2. The molecule has 2 aliphatic rings. The Morgan fingerprint density at radius 3 is 2.56 bits per heavy atom. The topological polar surface area (TPSA) is 34.1 Å². The number of Topliss-reactive ketones (excluding diaryl/α,β-unsaturated/α-hetero) is 2. The van der Waals surface area contributed by atoms with Crippen molar-refractivity contribution < 1.29 is 9.59 Å².